The standard InChI is InChI=1S/C11H11BrN2O2S2/c1-7-5-10(8(2)17-7)18(15,16)14-11-6-9(12)3-4-13-11/h3-6H,1-2H3,(H,13,14). The van der Waals surface area contributed by atoms with Crippen LogP contribution in [0.15, 0.2) is 33.8 Å². The van der Waals surface area contributed by atoms with Gasteiger partial charge in [0.15, 0.2) is 0 Å². The van der Waals surface area contributed by atoms with Crippen molar-refractivity contribution in [3.63, 3.8) is 0 Å². The number of hydrogen-bond acceptors (Lipinski definition) is 4. The predicted octanol–water partition coefficient (Wildman–Crippen LogP) is 3.32. The Kier molecular flexibility index (Phi) is 3.74. The van der Waals surface area contributed by atoms with Gasteiger partial charge in [0.05, 0.1) is 0 Å². The lowest BCUT2D eigenvalue weighted by Gasteiger charge is -2.06. The van der Waals surface area contributed by atoms with Gasteiger partial charge in [0, 0.05) is 20.4 Å². The topological polar surface area (TPSA) is 59.1 Å². The Labute approximate surface area is 118 Å². The summed E-state index contributed by atoms with van der Waals surface area (Å²) >= 11 is 4.73. The van der Waals surface area contributed by atoms with Crippen LogP contribution < -0.4 is 4.72 Å². The highest BCUT2D eigenvalue weighted by molar-refractivity contribution is 9.10. The second-order valence-electron chi connectivity index (χ2n) is 3.74. The first-order valence-corrected chi connectivity index (χ1v) is 8.19. The number of anilines is 1. The molecule has 0 spiro atoms. The van der Waals surface area contributed by atoms with E-state index < -0.39 is 10.0 Å². The van der Waals surface area contributed by atoms with Gasteiger partial charge in [-0.15, -0.1) is 11.3 Å². The summed E-state index contributed by atoms with van der Waals surface area (Å²) < 4.78 is 27.6. The van der Waals surface area contributed by atoms with Crippen LogP contribution in [-0.2, 0) is 10.0 Å². The zero-order valence-corrected chi connectivity index (χ0v) is 13.0. The third-order valence-corrected chi connectivity index (χ3v) is 5.32. The number of aromatic nitrogens is 1. The first kappa shape index (κ1) is 13.5. The normalized spacial score (nSPS) is 11.5. The molecule has 0 aliphatic carbocycles. The van der Waals surface area contributed by atoms with E-state index in [4.69, 9.17) is 0 Å². The Morgan fingerprint density at radius 2 is 2.06 bits per heavy atom. The molecule has 0 amide bonds. The van der Waals surface area contributed by atoms with Crippen LogP contribution in [0.5, 0.6) is 0 Å². The maximum Gasteiger partial charge on any atom is 0.264 e. The van der Waals surface area contributed by atoms with Gasteiger partial charge < -0.3 is 0 Å². The molecule has 0 saturated heterocycles. The molecule has 18 heavy (non-hydrogen) atoms. The monoisotopic (exact) mass is 346 g/mol. The van der Waals surface area contributed by atoms with Gasteiger partial charge >= 0.3 is 0 Å². The average molecular weight is 347 g/mol. The Morgan fingerprint density at radius 3 is 2.61 bits per heavy atom. The van der Waals surface area contributed by atoms with Crippen LogP contribution in [-0.4, -0.2) is 13.4 Å². The van der Waals surface area contributed by atoms with E-state index >= 15 is 0 Å². The lowest BCUT2D eigenvalue weighted by Crippen LogP contribution is -2.14. The van der Waals surface area contributed by atoms with E-state index in [1.54, 1.807) is 25.1 Å². The Balaban J connectivity index is 2.36. The summed E-state index contributed by atoms with van der Waals surface area (Å²) in [6.45, 7) is 3.68. The van der Waals surface area contributed by atoms with Crippen LogP contribution in [0.25, 0.3) is 0 Å². The van der Waals surface area contributed by atoms with Crippen LogP contribution >= 0.6 is 27.3 Å². The molecule has 0 aromatic carbocycles. The van der Waals surface area contributed by atoms with Gasteiger partial charge in [-0.25, -0.2) is 13.4 Å². The third kappa shape index (κ3) is 2.90. The van der Waals surface area contributed by atoms with Crippen molar-refractivity contribution in [2.75, 3.05) is 4.72 Å². The zero-order valence-electron chi connectivity index (χ0n) is 9.77. The highest BCUT2D eigenvalue weighted by Gasteiger charge is 2.19. The van der Waals surface area contributed by atoms with Gasteiger partial charge in [-0.3, -0.25) is 4.72 Å². The molecule has 0 aliphatic heterocycles. The van der Waals surface area contributed by atoms with Gasteiger partial charge in [-0.2, -0.15) is 0 Å². The quantitative estimate of drug-likeness (QED) is 0.927. The summed E-state index contributed by atoms with van der Waals surface area (Å²) in [7, 11) is -3.56. The molecule has 0 saturated carbocycles. The number of hydrogen-bond donors (Lipinski definition) is 1. The van der Waals surface area contributed by atoms with E-state index in [1.165, 1.54) is 17.5 Å². The molecule has 2 aromatic rings. The molecule has 0 radical (unpaired) electrons. The second kappa shape index (κ2) is 4.99. The lowest BCUT2D eigenvalue weighted by atomic mass is 10.4. The van der Waals surface area contributed by atoms with Crippen molar-refractivity contribution in [1.82, 2.24) is 4.98 Å². The van der Waals surface area contributed by atoms with Gasteiger partial charge in [-0.1, -0.05) is 15.9 Å². The lowest BCUT2D eigenvalue weighted by molar-refractivity contribution is 0.601. The maximum atomic E-state index is 12.2. The number of thiophene rings is 1. The van der Waals surface area contributed by atoms with Crippen molar-refractivity contribution in [3.05, 3.63) is 38.6 Å². The van der Waals surface area contributed by atoms with Crippen molar-refractivity contribution in [3.8, 4) is 0 Å². The molecule has 0 bridgehead atoms. The zero-order chi connectivity index (χ0) is 13.3. The predicted molar refractivity (Wildman–Crippen MR) is 76.5 cm³/mol. The molecule has 96 valence electrons. The SMILES string of the molecule is Cc1cc(S(=O)(=O)Nc2cc(Br)ccn2)c(C)s1. The number of halogens is 1. The number of nitrogens with zero attached hydrogens (tertiary/aromatic N) is 1. The fraction of sp³-hybridized carbons (Fsp3) is 0.182. The number of sulfonamides is 1. The van der Waals surface area contributed by atoms with Crippen LogP contribution in [0.4, 0.5) is 5.82 Å². The smallest absolute Gasteiger partial charge is 0.263 e. The van der Waals surface area contributed by atoms with Gasteiger partial charge in [0.2, 0.25) is 0 Å². The molecule has 2 aromatic heterocycles. The highest BCUT2D eigenvalue weighted by atomic mass is 79.9. The fourth-order valence-corrected chi connectivity index (χ4v) is 4.42. The Bertz CT molecular complexity index is 680. The van der Waals surface area contributed by atoms with E-state index in [0.717, 1.165) is 14.2 Å². The minimum atomic E-state index is -3.56. The summed E-state index contributed by atoms with van der Waals surface area (Å²) in [5.41, 5.74) is 0. The van der Waals surface area contributed by atoms with E-state index in [2.05, 4.69) is 25.6 Å². The molecule has 7 heteroatoms. The number of aryl methyl sites for hydroxylation is 2. The number of rotatable bonds is 3. The van der Waals surface area contributed by atoms with Crippen molar-refractivity contribution < 1.29 is 8.42 Å². The van der Waals surface area contributed by atoms with Crippen molar-refractivity contribution in [1.29, 1.82) is 0 Å². The van der Waals surface area contributed by atoms with Crippen molar-refractivity contribution in [2.45, 2.75) is 18.7 Å². The second-order valence-corrected chi connectivity index (χ2v) is 7.77. The molecule has 0 unspecified atom stereocenters. The number of pyridine rings is 1. The van der Waals surface area contributed by atoms with E-state index in [1.807, 2.05) is 6.92 Å². The van der Waals surface area contributed by atoms with Crippen LogP contribution in [0.1, 0.15) is 9.75 Å². The number of nitrogens with one attached hydrogen (secondary N) is 1. The average Bonchev–Trinajstić information content (AvgIpc) is 2.58. The maximum absolute atomic E-state index is 12.2. The van der Waals surface area contributed by atoms with Crippen LogP contribution in [0.3, 0.4) is 0 Å². The van der Waals surface area contributed by atoms with Crippen LogP contribution in [0.2, 0.25) is 0 Å². The van der Waals surface area contributed by atoms with E-state index in [9.17, 15) is 8.42 Å². The third-order valence-electron chi connectivity index (χ3n) is 2.25. The molecule has 2 rings (SSSR count). The molecule has 2 heterocycles. The molecule has 1 N–H and O–H groups in total. The molecular formula is C11H11BrN2O2S2. The largest absolute Gasteiger partial charge is 0.264 e. The van der Waals surface area contributed by atoms with Gasteiger partial charge in [0.25, 0.3) is 10.0 Å². The molecule has 0 atom stereocenters. The molecule has 4 nitrogen and oxygen atoms in total. The summed E-state index contributed by atoms with van der Waals surface area (Å²) in [5, 5.41) is 0. The first-order chi connectivity index (χ1) is 8.38. The first-order valence-electron chi connectivity index (χ1n) is 5.10. The van der Waals surface area contributed by atoms with E-state index in [0.29, 0.717) is 10.7 Å². The summed E-state index contributed by atoms with van der Waals surface area (Å²) in [5.74, 6) is 0.299. The Hall–Kier alpha value is -0.920. The van der Waals surface area contributed by atoms with Gasteiger partial charge in [-0.05, 0) is 32.0 Å². The summed E-state index contributed by atoms with van der Waals surface area (Å²) in [6, 6.07) is 5.02. The van der Waals surface area contributed by atoms with Crippen molar-refractivity contribution in [2.24, 2.45) is 0 Å². The fourth-order valence-electron chi connectivity index (χ4n) is 1.53. The van der Waals surface area contributed by atoms with Gasteiger partial charge in [0.1, 0.15) is 10.7 Å². The highest BCUT2D eigenvalue weighted by Crippen LogP contribution is 2.26. The molecular weight excluding hydrogens is 336 g/mol. The van der Waals surface area contributed by atoms with Crippen LogP contribution in [0, 0.1) is 13.8 Å². The summed E-state index contributed by atoms with van der Waals surface area (Å²) in [4.78, 5) is 6.02. The molecule has 0 fully saturated rings. The summed E-state index contributed by atoms with van der Waals surface area (Å²) in [6.07, 6.45) is 1.54. The minimum Gasteiger partial charge on any atom is -0.263 e. The van der Waals surface area contributed by atoms with E-state index in [-0.39, 0.29) is 0 Å². The van der Waals surface area contributed by atoms with Crippen molar-refractivity contribution >= 4 is 43.1 Å². The molecule has 0 aliphatic rings. The minimum absolute atomic E-state index is 0.299. The Morgan fingerprint density at radius 1 is 1.33 bits per heavy atom.